The Morgan fingerprint density at radius 2 is 0.917 bits per heavy atom. The highest BCUT2D eigenvalue weighted by atomic mass is 32.3. The largest absolute Gasteiger partial charge is 0.230 e. The van der Waals surface area contributed by atoms with Crippen LogP contribution in [0.3, 0.4) is 0 Å². The normalized spacial score (nSPS) is 12.0. The van der Waals surface area contributed by atoms with Crippen molar-refractivity contribution in [3.05, 3.63) is 0 Å². The Balaban J connectivity index is 4.72. The van der Waals surface area contributed by atoms with Crippen molar-refractivity contribution in [2.45, 2.75) is 140 Å². The number of hydrogen-bond acceptors (Lipinski definition) is 6. The molecule has 0 aliphatic heterocycles. The fourth-order valence-electron chi connectivity index (χ4n) is 4.08. The van der Waals surface area contributed by atoms with E-state index in [0.717, 1.165) is 83.5 Å². The Hall–Kier alpha value is -1.20. The average molecular weight is 547 g/mol. The van der Waals surface area contributed by atoms with Gasteiger partial charge in [-0.15, -0.1) is 0 Å². The standard InChI is InChI=1S/C26H50N4O4S2/c1-2-3-4-5-6-11-16-21-26(35(31,32)29-24-19-14-9-7-12-17-22-27)36(33,34)30-25-20-15-10-8-13-18-23-28/h26,29-30H,2-21,24-25H2,1H3. The number of sulfonamides is 2. The zero-order valence-corrected chi connectivity index (χ0v) is 24.1. The fourth-order valence-corrected chi connectivity index (χ4v) is 8.00. The van der Waals surface area contributed by atoms with Gasteiger partial charge in [-0.05, 0) is 32.1 Å². The lowest BCUT2D eigenvalue weighted by Crippen LogP contribution is -2.45. The predicted octanol–water partition coefficient (Wildman–Crippen LogP) is 6.02. The second-order valence-electron chi connectivity index (χ2n) is 9.57. The van der Waals surface area contributed by atoms with E-state index in [-0.39, 0.29) is 19.5 Å². The first-order chi connectivity index (χ1) is 17.3. The SMILES string of the molecule is CCCCCCCCCC(S(=O)(=O)NCCCCCCCC#N)S(=O)(=O)NCCCCCCCC#N. The highest BCUT2D eigenvalue weighted by molar-refractivity contribution is 8.07. The molecule has 8 nitrogen and oxygen atoms in total. The van der Waals surface area contributed by atoms with Crippen molar-refractivity contribution in [2.75, 3.05) is 13.1 Å². The maximum atomic E-state index is 13.0. The van der Waals surface area contributed by atoms with Gasteiger partial charge in [0.1, 0.15) is 0 Å². The molecule has 0 amide bonds. The first-order valence-electron chi connectivity index (χ1n) is 14.0. The summed E-state index contributed by atoms with van der Waals surface area (Å²) < 4.78 is 55.6. The molecule has 0 radical (unpaired) electrons. The van der Waals surface area contributed by atoms with Crippen LogP contribution in [-0.2, 0) is 20.0 Å². The molecular formula is C26H50N4O4S2. The first-order valence-corrected chi connectivity index (χ1v) is 17.1. The molecule has 0 aromatic heterocycles. The summed E-state index contributed by atoms with van der Waals surface area (Å²) in [6, 6.07) is 4.23. The number of rotatable bonds is 26. The first kappa shape index (κ1) is 34.8. The van der Waals surface area contributed by atoms with Gasteiger partial charge in [-0.1, -0.05) is 90.4 Å². The third-order valence-electron chi connectivity index (χ3n) is 6.27. The Kier molecular flexibility index (Phi) is 22.2. The molecule has 0 heterocycles. The summed E-state index contributed by atoms with van der Waals surface area (Å²) in [7, 11) is -8.03. The van der Waals surface area contributed by atoms with Crippen molar-refractivity contribution < 1.29 is 16.8 Å². The topological polar surface area (TPSA) is 140 Å². The lowest BCUT2D eigenvalue weighted by molar-refractivity contribution is 0.532. The maximum absolute atomic E-state index is 13.0. The minimum absolute atomic E-state index is 0.0980. The van der Waals surface area contributed by atoms with Crippen molar-refractivity contribution in [3.63, 3.8) is 0 Å². The molecule has 0 aliphatic carbocycles. The molecule has 36 heavy (non-hydrogen) atoms. The molecule has 210 valence electrons. The summed E-state index contributed by atoms with van der Waals surface area (Å²) in [5.74, 6) is 0. The molecule has 0 fully saturated rings. The molecule has 0 aromatic rings. The Bertz CT molecular complexity index is 758. The van der Waals surface area contributed by atoms with Gasteiger partial charge in [-0.25, -0.2) is 26.3 Å². The van der Waals surface area contributed by atoms with Crippen LogP contribution in [0.2, 0.25) is 0 Å². The van der Waals surface area contributed by atoms with Gasteiger partial charge in [0.25, 0.3) is 0 Å². The van der Waals surface area contributed by atoms with Crippen LogP contribution in [0.25, 0.3) is 0 Å². The quantitative estimate of drug-likeness (QED) is 0.127. The summed E-state index contributed by atoms with van der Waals surface area (Å²) in [5, 5.41) is 17.1. The summed E-state index contributed by atoms with van der Waals surface area (Å²) in [5.41, 5.74) is 0. The molecular weight excluding hydrogens is 496 g/mol. The monoisotopic (exact) mass is 546 g/mol. The summed E-state index contributed by atoms with van der Waals surface area (Å²) >= 11 is 0. The molecule has 0 aliphatic rings. The number of nitrogens with one attached hydrogen (secondary N) is 2. The van der Waals surface area contributed by atoms with E-state index in [9.17, 15) is 16.8 Å². The van der Waals surface area contributed by atoms with Crippen molar-refractivity contribution in [1.29, 1.82) is 10.5 Å². The third kappa shape index (κ3) is 19.0. The van der Waals surface area contributed by atoms with Crippen LogP contribution in [0.1, 0.15) is 135 Å². The lowest BCUT2D eigenvalue weighted by Gasteiger charge is -2.19. The number of hydrogen-bond donors (Lipinski definition) is 2. The molecule has 2 N–H and O–H groups in total. The van der Waals surface area contributed by atoms with Gasteiger partial charge in [-0.2, -0.15) is 10.5 Å². The van der Waals surface area contributed by atoms with E-state index < -0.39 is 24.6 Å². The molecule has 0 rings (SSSR count). The second kappa shape index (κ2) is 23.0. The van der Waals surface area contributed by atoms with Gasteiger partial charge in [0.2, 0.25) is 20.0 Å². The van der Waals surface area contributed by atoms with Crippen LogP contribution in [0.15, 0.2) is 0 Å². The van der Waals surface area contributed by atoms with Gasteiger partial charge < -0.3 is 0 Å². The molecule has 0 aromatic carbocycles. The predicted molar refractivity (Wildman–Crippen MR) is 147 cm³/mol. The highest BCUT2D eigenvalue weighted by Gasteiger charge is 2.36. The molecule has 0 bridgehead atoms. The van der Waals surface area contributed by atoms with Gasteiger partial charge in [-0.3, -0.25) is 0 Å². The van der Waals surface area contributed by atoms with E-state index in [1.165, 1.54) is 6.42 Å². The summed E-state index contributed by atoms with van der Waals surface area (Å²) in [6.45, 7) is 2.61. The summed E-state index contributed by atoms with van der Waals surface area (Å²) in [6.07, 6.45) is 16.6. The second-order valence-corrected chi connectivity index (χ2v) is 13.8. The van der Waals surface area contributed by atoms with Crippen LogP contribution in [0.5, 0.6) is 0 Å². The molecule has 0 saturated carbocycles. The van der Waals surface area contributed by atoms with Gasteiger partial charge in [0.15, 0.2) is 4.58 Å². The van der Waals surface area contributed by atoms with E-state index >= 15 is 0 Å². The number of nitrogens with zero attached hydrogens (tertiary/aromatic N) is 2. The molecule has 0 saturated heterocycles. The van der Waals surface area contributed by atoms with E-state index in [1.807, 2.05) is 0 Å². The molecule has 0 unspecified atom stereocenters. The Morgan fingerprint density at radius 3 is 1.33 bits per heavy atom. The van der Waals surface area contributed by atoms with Gasteiger partial charge >= 0.3 is 0 Å². The smallest absolute Gasteiger partial charge is 0.214 e. The van der Waals surface area contributed by atoms with Crippen molar-refractivity contribution in [1.82, 2.24) is 9.44 Å². The number of nitriles is 2. The Morgan fingerprint density at radius 1 is 0.556 bits per heavy atom. The van der Waals surface area contributed by atoms with Crippen molar-refractivity contribution in [3.8, 4) is 12.1 Å². The summed E-state index contributed by atoms with van der Waals surface area (Å²) in [4.78, 5) is 0. The van der Waals surface area contributed by atoms with Crippen LogP contribution in [-0.4, -0.2) is 34.5 Å². The minimum Gasteiger partial charge on any atom is -0.214 e. The molecule has 10 heteroatoms. The van der Waals surface area contributed by atoms with E-state index in [0.29, 0.717) is 32.1 Å². The minimum atomic E-state index is -4.01. The van der Waals surface area contributed by atoms with Crippen molar-refractivity contribution in [2.24, 2.45) is 0 Å². The van der Waals surface area contributed by atoms with Crippen LogP contribution >= 0.6 is 0 Å². The third-order valence-corrected chi connectivity index (χ3v) is 10.9. The van der Waals surface area contributed by atoms with E-state index in [4.69, 9.17) is 10.5 Å². The van der Waals surface area contributed by atoms with Crippen LogP contribution in [0, 0.1) is 22.7 Å². The molecule has 0 spiro atoms. The maximum Gasteiger partial charge on any atom is 0.230 e. The van der Waals surface area contributed by atoms with Crippen LogP contribution < -0.4 is 9.44 Å². The van der Waals surface area contributed by atoms with Gasteiger partial charge in [0, 0.05) is 25.9 Å². The number of unbranched alkanes of at least 4 members (excludes halogenated alkanes) is 16. The average Bonchev–Trinajstić information content (AvgIpc) is 2.83. The van der Waals surface area contributed by atoms with Crippen molar-refractivity contribution >= 4 is 20.0 Å². The zero-order valence-electron chi connectivity index (χ0n) is 22.5. The lowest BCUT2D eigenvalue weighted by atomic mass is 10.1. The zero-order chi connectivity index (χ0) is 27.0. The Labute approximate surface area is 221 Å². The fraction of sp³-hybridized carbons (Fsp3) is 0.923. The molecule has 0 atom stereocenters. The van der Waals surface area contributed by atoms with E-state index in [2.05, 4.69) is 28.5 Å². The highest BCUT2D eigenvalue weighted by Crippen LogP contribution is 2.18. The van der Waals surface area contributed by atoms with E-state index in [1.54, 1.807) is 0 Å². The van der Waals surface area contributed by atoms with Crippen LogP contribution in [0.4, 0.5) is 0 Å². The van der Waals surface area contributed by atoms with Gasteiger partial charge in [0.05, 0.1) is 12.1 Å².